The Morgan fingerprint density at radius 3 is 1.94 bits per heavy atom. The van der Waals surface area contributed by atoms with Crippen LogP contribution in [0.15, 0.2) is 0 Å². The molecule has 4 saturated carbocycles. The second-order valence-corrected chi connectivity index (χ2v) is 15.9. The average molecular weight is 523 g/mol. The fourth-order valence-corrected chi connectivity index (χ4v) is 11.0. The fraction of sp³-hybridized carbons (Fsp3) is 0.931. The van der Waals surface area contributed by atoms with E-state index in [0.29, 0.717) is 12.1 Å². The quantitative estimate of drug-likeness (QED) is 0.231. The molecule has 0 aromatic carbocycles. The monoisotopic (exact) mass is 522 g/mol. The molecule has 4 fully saturated rings. The first-order valence-corrected chi connectivity index (χ1v) is 16.2. The van der Waals surface area contributed by atoms with Gasteiger partial charge in [-0.05, 0) is 49.9 Å². The molecule has 0 amide bonds. The number of carbonyl (C=O) groups is 1. The minimum absolute atomic E-state index is 0.0149. The van der Waals surface area contributed by atoms with Crippen LogP contribution in [0.5, 0.6) is 0 Å². The Bertz CT molecular complexity index is 950. The molecular formula is C29H50N2O4S. The molecule has 3 atom stereocenters. The first kappa shape index (κ1) is 28.1. The minimum atomic E-state index is -3.60. The Labute approximate surface area is 219 Å². The maximum absolute atomic E-state index is 14.5. The molecule has 4 rings (SSSR count). The lowest BCUT2D eigenvalue weighted by molar-refractivity contribution is -0.488. The topological polar surface area (TPSA) is 80.5 Å². The SMILES string of the molecule is C[C@H](C(=O)C(C)(C)C)/[N+]([O-])=C1\C[C@H]2CC[C@]1(CS(=O)(=O)N(C1CCCCC1)C1CCCCC1)C2(C)C. The molecule has 0 N–H and O–H groups in total. The number of rotatable bonds is 7. The molecule has 0 heterocycles. The Balaban J connectivity index is 1.74. The van der Waals surface area contributed by atoms with Crippen LogP contribution < -0.4 is 0 Å². The Kier molecular flexibility index (Phi) is 7.78. The third kappa shape index (κ3) is 4.81. The smallest absolute Gasteiger partial charge is 0.218 e. The summed E-state index contributed by atoms with van der Waals surface area (Å²) in [6, 6.07) is -0.612. The molecular weight excluding hydrogens is 472 g/mol. The first-order chi connectivity index (χ1) is 16.7. The molecule has 0 saturated heterocycles. The van der Waals surface area contributed by atoms with Gasteiger partial charge in [0.15, 0.2) is 5.71 Å². The number of carbonyl (C=O) groups excluding carboxylic acids is 1. The van der Waals surface area contributed by atoms with E-state index in [1.807, 2.05) is 25.1 Å². The summed E-state index contributed by atoms with van der Waals surface area (Å²) in [5.41, 5.74) is -0.933. The summed E-state index contributed by atoms with van der Waals surface area (Å²) < 4.78 is 31.9. The van der Waals surface area contributed by atoms with Gasteiger partial charge in [-0.25, -0.2) is 13.2 Å². The van der Waals surface area contributed by atoms with Gasteiger partial charge in [-0.15, -0.1) is 0 Å². The highest BCUT2D eigenvalue weighted by Gasteiger charge is 2.68. The Hall–Kier alpha value is -0.950. The summed E-state index contributed by atoms with van der Waals surface area (Å²) >= 11 is 0. The molecule has 0 unspecified atom stereocenters. The van der Waals surface area contributed by atoms with E-state index >= 15 is 0 Å². The molecule has 4 aliphatic rings. The van der Waals surface area contributed by atoms with Gasteiger partial charge >= 0.3 is 0 Å². The third-order valence-electron chi connectivity index (χ3n) is 10.5. The summed E-state index contributed by atoms with van der Waals surface area (Å²) in [7, 11) is -3.60. The largest absolute Gasteiger partial charge is 0.623 e. The normalized spacial score (nSPS) is 32.1. The van der Waals surface area contributed by atoms with Crippen LogP contribution in [0.3, 0.4) is 0 Å². The Morgan fingerprint density at radius 2 is 1.50 bits per heavy atom. The predicted octanol–water partition coefficient (Wildman–Crippen LogP) is 6.06. The number of hydroxylamine groups is 1. The van der Waals surface area contributed by atoms with Gasteiger partial charge in [-0.1, -0.05) is 73.1 Å². The van der Waals surface area contributed by atoms with Crippen molar-refractivity contribution in [2.24, 2.45) is 22.2 Å². The molecule has 4 aliphatic carbocycles. The van der Waals surface area contributed by atoms with E-state index in [2.05, 4.69) is 13.8 Å². The molecule has 206 valence electrons. The highest BCUT2D eigenvalue weighted by atomic mass is 32.2. The number of sulfonamides is 1. The number of ketones is 1. The zero-order valence-electron chi connectivity index (χ0n) is 23.6. The van der Waals surface area contributed by atoms with Crippen LogP contribution in [-0.4, -0.2) is 52.8 Å². The van der Waals surface area contributed by atoms with E-state index in [0.717, 1.165) is 68.9 Å². The van der Waals surface area contributed by atoms with Crippen molar-refractivity contribution in [2.45, 2.75) is 143 Å². The Morgan fingerprint density at radius 1 is 1.00 bits per heavy atom. The van der Waals surface area contributed by atoms with Gasteiger partial charge in [0.25, 0.3) is 0 Å². The van der Waals surface area contributed by atoms with Crippen LogP contribution in [-0.2, 0) is 14.8 Å². The maximum atomic E-state index is 14.5. The van der Waals surface area contributed by atoms with Crippen LogP contribution in [0.1, 0.15) is 125 Å². The van der Waals surface area contributed by atoms with E-state index in [4.69, 9.17) is 0 Å². The van der Waals surface area contributed by atoms with Gasteiger partial charge in [0, 0.05) is 30.8 Å². The van der Waals surface area contributed by atoms with Gasteiger partial charge in [-0.2, -0.15) is 4.31 Å². The fourth-order valence-electron chi connectivity index (χ4n) is 8.22. The predicted molar refractivity (Wildman–Crippen MR) is 145 cm³/mol. The van der Waals surface area contributed by atoms with Crippen molar-refractivity contribution >= 4 is 21.5 Å². The van der Waals surface area contributed by atoms with Crippen LogP contribution in [0, 0.1) is 27.4 Å². The van der Waals surface area contributed by atoms with Crippen LogP contribution in [0.2, 0.25) is 0 Å². The van der Waals surface area contributed by atoms with E-state index in [-0.39, 0.29) is 35.0 Å². The second-order valence-electron chi connectivity index (χ2n) is 14.0. The molecule has 0 aromatic rings. The number of nitrogens with zero attached hydrogens (tertiary/aromatic N) is 2. The lowest BCUT2D eigenvalue weighted by Gasteiger charge is -2.44. The lowest BCUT2D eigenvalue weighted by atomic mass is 9.70. The molecule has 0 spiro atoms. The van der Waals surface area contributed by atoms with Gasteiger partial charge in [-0.3, -0.25) is 4.79 Å². The molecule has 0 aliphatic heterocycles. The highest BCUT2D eigenvalue weighted by molar-refractivity contribution is 7.89. The minimum Gasteiger partial charge on any atom is -0.623 e. The number of Topliss-reactive ketones (excluding diaryl/α,β-unsaturated/α-hetero) is 1. The summed E-state index contributed by atoms with van der Waals surface area (Å²) in [4.78, 5) is 13.1. The summed E-state index contributed by atoms with van der Waals surface area (Å²) in [6.07, 6.45) is 12.9. The van der Waals surface area contributed by atoms with Gasteiger partial charge in [0.05, 0.1) is 11.2 Å². The number of fused-ring (bicyclic) bond motifs is 2. The molecule has 2 bridgehead atoms. The van der Waals surface area contributed by atoms with Gasteiger partial charge < -0.3 is 5.21 Å². The zero-order valence-corrected chi connectivity index (χ0v) is 24.5. The summed E-state index contributed by atoms with van der Waals surface area (Å²) in [6.45, 7) is 11.6. The van der Waals surface area contributed by atoms with E-state index in [1.54, 1.807) is 6.92 Å². The highest BCUT2D eigenvalue weighted by Crippen LogP contribution is 2.65. The maximum Gasteiger partial charge on any atom is 0.218 e. The van der Waals surface area contributed by atoms with E-state index in [9.17, 15) is 18.4 Å². The zero-order chi connectivity index (χ0) is 26.5. The molecule has 7 heteroatoms. The van der Waals surface area contributed by atoms with Crippen LogP contribution in [0.4, 0.5) is 0 Å². The van der Waals surface area contributed by atoms with Crippen molar-refractivity contribution in [1.82, 2.24) is 4.31 Å². The van der Waals surface area contributed by atoms with Crippen LogP contribution >= 0.6 is 0 Å². The van der Waals surface area contributed by atoms with Crippen molar-refractivity contribution in [3.05, 3.63) is 5.21 Å². The van der Waals surface area contributed by atoms with Crippen molar-refractivity contribution in [3.8, 4) is 0 Å². The van der Waals surface area contributed by atoms with Crippen molar-refractivity contribution in [1.29, 1.82) is 0 Å². The summed E-state index contributed by atoms with van der Waals surface area (Å²) in [5, 5.41) is 13.8. The van der Waals surface area contributed by atoms with E-state index in [1.165, 1.54) is 12.8 Å². The first-order valence-electron chi connectivity index (χ1n) is 14.6. The molecule has 6 nitrogen and oxygen atoms in total. The second kappa shape index (κ2) is 9.98. The standard InChI is InChI=1S/C29H50N2O4S/c1-21(26(32)27(2,3)4)30(33)25-19-22-17-18-29(25,28(22,5)6)20-36(34,35)31(23-13-9-7-10-14-23)24-15-11-8-12-16-24/h21-24H,7-20H2,1-6H3/b30-25-/t21-,22-,29-/m1/s1. The number of hydrogen-bond acceptors (Lipinski definition) is 4. The summed E-state index contributed by atoms with van der Waals surface area (Å²) in [5.74, 6) is 0.213. The number of hydrogen-bond donors (Lipinski definition) is 0. The van der Waals surface area contributed by atoms with Crippen molar-refractivity contribution in [2.75, 3.05) is 5.75 Å². The van der Waals surface area contributed by atoms with E-state index < -0.39 is 26.9 Å². The van der Waals surface area contributed by atoms with Crippen LogP contribution in [0.25, 0.3) is 0 Å². The van der Waals surface area contributed by atoms with Gasteiger partial charge in [0.1, 0.15) is 0 Å². The van der Waals surface area contributed by atoms with Crippen molar-refractivity contribution < 1.29 is 18.0 Å². The average Bonchev–Trinajstić information content (AvgIpc) is 3.18. The third-order valence-corrected chi connectivity index (χ3v) is 12.6. The molecule has 0 aromatic heterocycles. The van der Waals surface area contributed by atoms with Crippen molar-refractivity contribution in [3.63, 3.8) is 0 Å². The molecule has 0 radical (unpaired) electrons. The van der Waals surface area contributed by atoms with Gasteiger partial charge in [0.2, 0.25) is 21.8 Å². The molecule has 36 heavy (non-hydrogen) atoms. The lowest BCUT2D eigenvalue weighted by Crippen LogP contribution is -2.55.